The molecular formula is C22H18N2O6. The second-order valence-electron chi connectivity index (χ2n) is 6.19. The summed E-state index contributed by atoms with van der Waals surface area (Å²) in [5, 5.41) is 12.2. The number of nitrogens with one attached hydrogen (secondary N) is 1. The molecule has 0 aliphatic carbocycles. The van der Waals surface area contributed by atoms with Crippen LogP contribution in [0.3, 0.4) is 0 Å². The molecule has 2 aromatic carbocycles. The van der Waals surface area contributed by atoms with Crippen LogP contribution in [0.4, 0.5) is 5.82 Å². The molecule has 8 heteroatoms. The summed E-state index contributed by atoms with van der Waals surface area (Å²) in [4.78, 5) is 39.1. The quantitative estimate of drug-likeness (QED) is 0.335. The fourth-order valence-corrected chi connectivity index (χ4v) is 2.72. The molecule has 0 spiro atoms. The summed E-state index contributed by atoms with van der Waals surface area (Å²) in [6, 6.07) is 16.1. The molecule has 0 unspecified atom stereocenters. The Morgan fingerprint density at radius 1 is 1.07 bits per heavy atom. The maximum absolute atomic E-state index is 12.4. The molecule has 0 atom stereocenters. The number of anilines is 1. The monoisotopic (exact) mass is 406 g/mol. The number of ketones is 1. The Kier molecular flexibility index (Phi) is 6.39. The molecule has 3 rings (SSSR count). The number of aromatic nitrogens is 1. The van der Waals surface area contributed by atoms with Crippen LogP contribution in [-0.2, 0) is 9.59 Å². The van der Waals surface area contributed by atoms with Gasteiger partial charge in [-0.3, -0.25) is 14.4 Å². The first-order chi connectivity index (χ1) is 14.5. The van der Waals surface area contributed by atoms with Crippen molar-refractivity contribution < 1.29 is 29.0 Å². The summed E-state index contributed by atoms with van der Waals surface area (Å²) < 4.78 is 9.72. The number of Topliss-reactive ketones (excluding diaryl/α,β-unsaturated/α-hetero) is 1. The molecule has 0 aliphatic rings. The maximum atomic E-state index is 12.4. The SMILES string of the molecule is COc1cccc(NC(=O)CC(=O)c2ccc(-c3ccc(O)c(OC=O)c3)cc2)n1. The lowest BCUT2D eigenvalue weighted by molar-refractivity contribution is -0.120. The molecule has 30 heavy (non-hydrogen) atoms. The zero-order valence-corrected chi connectivity index (χ0v) is 16.0. The van der Waals surface area contributed by atoms with E-state index in [0.29, 0.717) is 22.8 Å². The molecule has 0 saturated heterocycles. The van der Waals surface area contributed by atoms with E-state index in [2.05, 4.69) is 10.3 Å². The Hall–Kier alpha value is -4.20. The van der Waals surface area contributed by atoms with Crippen molar-refractivity contribution in [1.29, 1.82) is 0 Å². The maximum Gasteiger partial charge on any atom is 0.298 e. The second kappa shape index (κ2) is 9.33. The molecule has 0 aliphatic heterocycles. The minimum atomic E-state index is -0.487. The van der Waals surface area contributed by atoms with Crippen LogP contribution >= 0.6 is 0 Å². The summed E-state index contributed by atoms with van der Waals surface area (Å²) in [5.74, 6) is -0.315. The third-order valence-corrected chi connectivity index (χ3v) is 4.20. The van der Waals surface area contributed by atoms with Crippen molar-refractivity contribution in [3.05, 3.63) is 66.2 Å². The zero-order chi connectivity index (χ0) is 21.5. The topological polar surface area (TPSA) is 115 Å². The van der Waals surface area contributed by atoms with Crippen LogP contribution in [0.25, 0.3) is 11.1 Å². The van der Waals surface area contributed by atoms with E-state index in [-0.39, 0.29) is 30.2 Å². The summed E-state index contributed by atoms with van der Waals surface area (Å²) in [6.45, 7) is 0.229. The largest absolute Gasteiger partial charge is 0.504 e. The predicted octanol–water partition coefficient (Wildman–Crippen LogP) is 3.21. The number of phenols is 1. The minimum Gasteiger partial charge on any atom is -0.504 e. The van der Waals surface area contributed by atoms with Gasteiger partial charge in [0.1, 0.15) is 5.82 Å². The third-order valence-electron chi connectivity index (χ3n) is 4.20. The summed E-state index contributed by atoms with van der Waals surface area (Å²) in [6.07, 6.45) is -0.339. The molecule has 0 saturated carbocycles. The number of carbonyl (C=O) groups is 3. The van der Waals surface area contributed by atoms with Crippen LogP contribution in [0.5, 0.6) is 17.4 Å². The van der Waals surface area contributed by atoms with E-state index in [1.165, 1.54) is 19.2 Å². The highest BCUT2D eigenvalue weighted by Crippen LogP contribution is 2.31. The molecule has 152 valence electrons. The number of nitrogens with zero attached hydrogens (tertiary/aromatic N) is 1. The Morgan fingerprint density at radius 3 is 2.50 bits per heavy atom. The Balaban J connectivity index is 1.67. The van der Waals surface area contributed by atoms with Crippen molar-refractivity contribution in [2.45, 2.75) is 6.42 Å². The van der Waals surface area contributed by atoms with Crippen LogP contribution in [0, 0.1) is 0 Å². The van der Waals surface area contributed by atoms with Gasteiger partial charge in [-0.2, -0.15) is 4.98 Å². The lowest BCUT2D eigenvalue weighted by Gasteiger charge is -2.08. The van der Waals surface area contributed by atoms with Crippen molar-refractivity contribution in [2.24, 2.45) is 0 Å². The van der Waals surface area contributed by atoms with Gasteiger partial charge in [0.25, 0.3) is 6.47 Å². The van der Waals surface area contributed by atoms with Gasteiger partial charge < -0.3 is 19.9 Å². The van der Waals surface area contributed by atoms with E-state index >= 15 is 0 Å². The van der Waals surface area contributed by atoms with Gasteiger partial charge in [0.05, 0.1) is 13.5 Å². The number of methoxy groups -OCH3 is 1. The first-order valence-corrected chi connectivity index (χ1v) is 8.88. The van der Waals surface area contributed by atoms with Gasteiger partial charge in [-0.25, -0.2) is 0 Å². The standard InChI is InChI=1S/C22H18N2O6/c1-29-22-4-2-3-20(24-22)23-21(28)12-18(27)15-7-5-14(6-8-15)16-9-10-17(26)19(11-16)30-13-25/h2-11,13,26H,12H2,1H3,(H,23,24,28). The van der Waals surface area contributed by atoms with Gasteiger partial charge in [0, 0.05) is 11.6 Å². The van der Waals surface area contributed by atoms with Gasteiger partial charge in [0.15, 0.2) is 17.3 Å². The molecule has 0 bridgehead atoms. The summed E-state index contributed by atoms with van der Waals surface area (Å²) >= 11 is 0. The van der Waals surface area contributed by atoms with Gasteiger partial charge in [-0.15, -0.1) is 0 Å². The molecule has 2 N–H and O–H groups in total. The number of hydrogen-bond donors (Lipinski definition) is 2. The van der Waals surface area contributed by atoms with Crippen LogP contribution < -0.4 is 14.8 Å². The van der Waals surface area contributed by atoms with Gasteiger partial charge in [-0.05, 0) is 29.3 Å². The lowest BCUT2D eigenvalue weighted by atomic mass is 10.0. The van der Waals surface area contributed by atoms with Crippen LogP contribution in [-0.4, -0.2) is 35.4 Å². The highest BCUT2D eigenvalue weighted by molar-refractivity contribution is 6.10. The number of ether oxygens (including phenoxy) is 2. The summed E-state index contributed by atoms with van der Waals surface area (Å²) in [7, 11) is 1.47. The number of hydrogen-bond acceptors (Lipinski definition) is 7. The summed E-state index contributed by atoms with van der Waals surface area (Å²) in [5.41, 5.74) is 1.80. The van der Waals surface area contributed by atoms with E-state index in [0.717, 1.165) is 5.56 Å². The van der Waals surface area contributed by atoms with E-state index in [4.69, 9.17) is 9.47 Å². The van der Waals surface area contributed by atoms with Gasteiger partial charge in [0.2, 0.25) is 11.8 Å². The number of carbonyl (C=O) groups excluding carboxylic acids is 3. The highest BCUT2D eigenvalue weighted by atomic mass is 16.5. The average Bonchev–Trinajstić information content (AvgIpc) is 2.75. The van der Waals surface area contributed by atoms with Crippen LogP contribution in [0.2, 0.25) is 0 Å². The van der Waals surface area contributed by atoms with E-state index in [1.54, 1.807) is 48.5 Å². The van der Waals surface area contributed by atoms with Crippen LogP contribution in [0.1, 0.15) is 16.8 Å². The number of rotatable bonds is 8. The number of benzene rings is 2. The second-order valence-corrected chi connectivity index (χ2v) is 6.19. The van der Waals surface area contributed by atoms with E-state index < -0.39 is 5.91 Å². The molecule has 0 radical (unpaired) electrons. The van der Waals surface area contributed by atoms with E-state index in [9.17, 15) is 19.5 Å². The molecule has 3 aromatic rings. The Labute approximate surface area is 172 Å². The average molecular weight is 406 g/mol. The minimum absolute atomic E-state index is 0.0328. The normalized spacial score (nSPS) is 10.2. The molecule has 8 nitrogen and oxygen atoms in total. The molecule has 1 heterocycles. The first kappa shape index (κ1) is 20.5. The van der Waals surface area contributed by atoms with Crippen molar-refractivity contribution in [1.82, 2.24) is 4.98 Å². The van der Waals surface area contributed by atoms with Crippen molar-refractivity contribution in [3.8, 4) is 28.5 Å². The van der Waals surface area contributed by atoms with Gasteiger partial charge in [-0.1, -0.05) is 36.4 Å². The van der Waals surface area contributed by atoms with Gasteiger partial charge >= 0.3 is 0 Å². The lowest BCUT2D eigenvalue weighted by Crippen LogP contribution is -2.17. The van der Waals surface area contributed by atoms with Crippen molar-refractivity contribution >= 4 is 24.0 Å². The van der Waals surface area contributed by atoms with Crippen molar-refractivity contribution in [2.75, 3.05) is 12.4 Å². The first-order valence-electron chi connectivity index (χ1n) is 8.88. The third kappa shape index (κ3) is 4.99. The fourth-order valence-electron chi connectivity index (χ4n) is 2.72. The van der Waals surface area contributed by atoms with Crippen molar-refractivity contribution in [3.63, 3.8) is 0 Å². The molecule has 0 fully saturated rings. The fraction of sp³-hybridized carbons (Fsp3) is 0.0909. The number of amides is 1. The molecule has 1 aromatic heterocycles. The predicted molar refractivity (Wildman–Crippen MR) is 109 cm³/mol. The number of pyridine rings is 1. The highest BCUT2D eigenvalue weighted by Gasteiger charge is 2.13. The molecular weight excluding hydrogens is 388 g/mol. The Morgan fingerprint density at radius 2 is 1.80 bits per heavy atom. The van der Waals surface area contributed by atoms with Crippen LogP contribution in [0.15, 0.2) is 60.7 Å². The Bertz CT molecular complexity index is 1080. The zero-order valence-electron chi connectivity index (χ0n) is 16.0. The molecule has 1 amide bonds. The van der Waals surface area contributed by atoms with E-state index in [1.807, 2.05) is 0 Å². The number of aromatic hydroxyl groups is 1. The smallest absolute Gasteiger partial charge is 0.298 e. The number of phenolic OH excluding ortho intramolecular Hbond substituents is 1.